The molecule has 0 bridgehead atoms. The zero-order valence-electron chi connectivity index (χ0n) is 16.2. The normalized spacial score (nSPS) is 27.6. The molecule has 7 heteroatoms. The predicted molar refractivity (Wildman–Crippen MR) is 108 cm³/mol. The summed E-state index contributed by atoms with van der Waals surface area (Å²) in [6.45, 7) is 9.48. The van der Waals surface area contributed by atoms with Crippen molar-refractivity contribution < 1.29 is 14.3 Å². The Balaban J connectivity index is 1.60. The number of ether oxygens (including phenoxy) is 2. The molecule has 1 aromatic rings. The highest BCUT2D eigenvalue weighted by Gasteiger charge is 2.35. The first-order valence-corrected chi connectivity index (χ1v) is 10.4. The molecule has 0 saturated carbocycles. The van der Waals surface area contributed by atoms with Gasteiger partial charge < -0.3 is 14.4 Å². The summed E-state index contributed by atoms with van der Waals surface area (Å²) in [4.78, 5) is 17.4. The molecule has 2 aliphatic rings. The molecule has 27 heavy (non-hydrogen) atoms. The summed E-state index contributed by atoms with van der Waals surface area (Å²) in [6.07, 6.45) is 1.93. The SMILES string of the molecule is CC1CN(CC2CCCN2C(=O)C(C)Oc2ccc(Cl)cc2Cl)CC(C)O1. The summed E-state index contributed by atoms with van der Waals surface area (Å²) in [6, 6.07) is 5.25. The number of morpholine rings is 1. The number of hydrogen-bond donors (Lipinski definition) is 0. The van der Waals surface area contributed by atoms with Crippen molar-refractivity contribution in [3.63, 3.8) is 0 Å². The van der Waals surface area contributed by atoms with Crippen LogP contribution >= 0.6 is 23.2 Å². The minimum absolute atomic E-state index is 0.0119. The summed E-state index contributed by atoms with van der Waals surface area (Å²) < 4.78 is 11.6. The van der Waals surface area contributed by atoms with E-state index in [1.807, 2.05) is 4.90 Å². The van der Waals surface area contributed by atoms with E-state index in [0.717, 1.165) is 39.0 Å². The molecular formula is C20H28Cl2N2O3. The molecule has 2 aliphatic heterocycles. The predicted octanol–water partition coefficient (Wildman–Crippen LogP) is 3.86. The van der Waals surface area contributed by atoms with Crippen molar-refractivity contribution in [2.75, 3.05) is 26.2 Å². The Bertz CT molecular complexity index is 663. The van der Waals surface area contributed by atoms with Gasteiger partial charge in [-0.3, -0.25) is 9.69 Å². The molecule has 150 valence electrons. The molecule has 2 heterocycles. The van der Waals surface area contributed by atoms with Gasteiger partial charge >= 0.3 is 0 Å². The van der Waals surface area contributed by atoms with E-state index < -0.39 is 6.10 Å². The summed E-state index contributed by atoms with van der Waals surface area (Å²) in [5.74, 6) is 0.492. The maximum atomic E-state index is 13.0. The van der Waals surface area contributed by atoms with Gasteiger partial charge in [0.25, 0.3) is 5.91 Å². The van der Waals surface area contributed by atoms with E-state index >= 15 is 0 Å². The lowest BCUT2D eigenvalue weighted by Gasteiger charge is -2.38. The van der Waals surface area contributed by atoms with Crippen LogP contribution in [0.15, 0.2) is 18.2 Å². The van der Waals surface area contributed by atoms with Crippen molar-refractivity contribution in [2.24, 2.45) is 0 Å². The molecule has 0 spiro atoms. The van der Waals surface area contributed by atoms with Crippen LogP contribution in [0.4, 0.5) is 0 Å². The minimum atomic E-state index is -0.591. The molecule has 0 aliphatic carbocycles. The van der Waals surface area contributed by atoms with E-state index in [1.165, 1.54) is 0 Å². The maximum absolute atomic E-state index is 13.0. The second-order valence-corrected chi connectivity index (χ2v) is 8.48. The molecule has 4 unspecified atom stereocenters. The standard InChI is InChI=1S/C20H28Cl2N2O3/c1-13-10-23(11-14(2)26-13)12-17-5-4-8-24(17)20(25)15(3)27-19-7-6-16(21)9-18(19)22/h6-7,9,13-15,17H,4-5,8,10-12H2,1-3H3. The van der Waals surface area contributed by atoms with Crippen molar-refractivity contribution in [2.45, 2.75) is 58.0 Å². The highest BCUT2D eigenvalue weighted by atomic mass is 35.5. The van der Waals surface area contributed by atoms with Crippen LogP contribution < -0.4 is 4.74 Å². The van der Waals surface area contributed by atoms with Gasteiger partial charge in [-0.15, -0.1) is 0 Å². The van der Waals surface area contributed by atoms with Gasteiger partial charge in [-0.25, -0.2) is 0 Å². The Hall–Kier alpha value is -1.01. The molecular weight excluding hydrogens is 387 g/mol. The Morgan fingerprint density at radius 2 is 2.00 bits per heavy atom. The molecule has 4 atom stereocenters. The van der Waals surface area contributed by atoms with Gasteiger partial charge in [-0.05, 0) is 51.8 Å². The van der Waals surface area contributed by atoms with Gasteiger partial charge in [0, 0.05) is 37.2 Å². The lowest BCUT2D eigenvalue weighted by molar-refractivity contribution is -0.139. The first kappa shape index (κ1) is 20.7. The fraction of sp³-hybridized carbons (Fsp3) is 0.650. The second kappa shape index (κ2) is 8.99. The van der Waals surface area contributed by atoms with Gasteiger partial charge in [0.15, 0.2) is 6.10 Å². The van der Waals surface area contributed by atoms with E-state index in [0.29, 0.717) is 15.8 Å². The third-order valence-corrected chi connectivity index (χ3v) is 5.70. The topological polar surface area (TPSA) is 42.0 Å². The van der Waals surface area contributed by atoms with Gasteiger partial charge in [0.2, 0.25) is 0 Å². The third kappa shape index (κ3) is 5.29. The second-order valence-electron chi connectivity index (χ2n) is 7.64. The monoisotopic (exact) mass is 414 g/mol. The van der Waals surface area contributed by atoms with Crippen LogP contribution in [0.3, 0.4) is 0 Å². The van der Waals surface area contributed by atoms with E-state index in [-0.39, 0.29) is 24.2 Å². The van der Waals surface area contributed by atoms with Crippen LogP contribution in [-0.2, 0) is 9.53 Å². The van der Waals surface area contributed by atoms with E-state index in [9.17, 15) is 4.79 Å². The van der Waals surface area contributed by atoms with Crippen LogP contribution in [-0.4, -0.2) is 66.2 Å². The fourth-order valence-corrected chi connectivity index (χ4v) is 4.55. The van der Waals surface area contributed by atoms with Crippen LogP contribution in [0.5, 0.6) is 5.75 Å². The number of benzene rings is 1. The van der Waals surface area contributed by atoms with Crippen molar-refractivity contribution in [1.82, 2.24) is 9.80 Å². The molecule has 1 aromatic carbocycles. The van der Waals surface area contributed by atoms with Crippen molar-refractivity contribution >= 4 is 29.1 Å². The lowest BCUT2D eigenvalue weighted by atomic mass is 10.1. The number of likely N-dealkylation sites (tertiary alicyclic amines) is 1. The molecule has 0 radical (unpaired) electrons. The molecule has 0 N–H and O–H groups in total. The molecule has 5 nitrogen and oxygen atoms in total. The molecule has 2 fully saturated rings. The first-order valence-electron chi connectivity index (χ1n) is 9.63. The number of carbonyl (C=O) groups is 1. The van der Waals surface area contributed by atoms with Crippen LogP contribution in [0.1, 0.15) is 33.6 Å². The highest BCUT2D eigenvalue weighted by molar-refractivity contribution is 6.35. The van der Waals surface area contributed by atoms with E-state index in [1.54, 1.807) is 25.1 Å². The Kier molecular flexibility index (Phi) is 6.90. The Morgan fingerprint density at radius 3 is 2.67 bits per heavy atom. The number of halogens is 2. The van der Waals surface area contributed by atoms with E-state index in [2.05, 4.69) is 18.7 Å². The number of carbonyl (C=O) groups excluding carboxylic acids is 1. The first-order chi connectivity index (χ1) is 12.8. The summed E-state index contributed by atoms with van der Waals surface area (Å²) in [7, 11) is 0. The largest absolute Gasteiger partial charge is 0.479 e. The molecule has 2 saturated heterocycles. The number of hydrogen-bond acceptors (Lipinski definition) is 4. The van der Waals surface area contributed by atoms with E-state index in [4.69, 9.17) is 32.7 Å². The zero-order valence-corrected chi connectivity index (χ0v) is 17.7. The summed E-state index contributed by atoms with van der Waals surface area (Å²) in [5, 5.41) is 0.955. The van der Waals surface area contributed by atoms with Crippen molar-refractivity contribution in [1.29, 1.82) is 0 Å². The Labute approximate surface area is 171 Å². The Morgan fingerprint density at radius 1 is 1.30 bits per heavy atom. The molecule has 0 aromatic heterocycles. The van der Waals surface area contributed by atoms with Crippen LogP contribution in [0.25, 0.3) is 0 Å². The fourth-order valence-electron chi connectivity index (χ4n) is 4.09. The minimum Gasteiger partial charge on any atom is -0.479 e. The van der Waals surface area contributed by atoms with Gasteiger partial charge in [0.1, 0.15) is 5.75 Å². The summed E-state index contributed by atoms with van der Waals surface area (Å²) >= 11 is 12.1. The highest BCUT2D eigenvalue weighted by Crippen LogP contribution is 2.29. The van der Waals surface area contributed by atoms with Gasteiger partial charge in [-0.1, -0.05) is 23.2 Å². The number of amides is 1. The number of nitrogens with zero attached hydrogens (tertiary/aromatic N) is 2. The van der Waals surface area contributed by atoms with Crippen molar-refractivity contribution in [3.8, 4) is 5.75 Å². The van der Waals surface area contributed by atoms with Crippen molar-refractivity contribution in [3.05, 3.63) is 28.2 Å². The maximum Gasteiger partial charge on any atom is 0.263 e. The van der Waals surface area contributed by atoms with Crippen LogP contribution in [0.2, 0.25) is 10.0 Å². The summed E-state index contributed by atoms with van der Waals surface area (Å²) in [5.41, 5.74) is 0. The van der Waals surface area contributed by atoms with Crippen LogP contribution in [0, 0.1) is 0 Å². The smallest absolute Gasteiger partial charge is 0.263 e. The molecule has 3 rings (SSSR count). The average molecular weight is 415 g/mol. The molecule has 1 amide bonds. The lowest BCUT2D eigenvalue weighted by Crippen LogP contribution is -2.52. The van der Waals surface area contributed by atoms with Gasteiger partial charge in [-0.2, -0.15) is 0 Å². The quantitative estimate of drug-likeness (QED) is 0.733. The number of rotatable bonds is 5. The average Bonchev–Trinajstić information content (AvgIpc) is 3.03. The third-order valence-electron chi connectivity index (χ3n) is 5.17. The van der Waals surface area contributed by atoms with Gasteiger partial charge in [0.05, 0.1) is 17.2 Å². The zero-order chi connectivity index (χ0) is 19.6.